The third-order valence-corrected chi connectivity index (χ3v) is 2.11. The molecule has 0 heterocycles. The van der Waals surface area contributed by atoms with Gasteiger partial charge in [0, 0.05) is 6.54 Å². The summed E-state index contributed by atoms with van der Waals surface area (Å²) in [6.07, 6.45) is 2.60. The van der Waals surface area contributed by atoms with Gasteiger partial charge in [0.05, 0.1) is 6.61 Å². The van der Waals surface area contributed by atoms with E-state index in [0.29, 0.717) is 18.9 Å². The highest BCUT2D eigenvalue weighted by molar-refractivity contribution is 5.77. The standard InChI is InChI=1S/C14H19NO3/c1-3-9-15-14(16)11-18-13-7-5-12(6-8-13)17-10-4-2/h3,5-8H,1,4,9-11H2,2H3,(H,15,16). The second kappa shape index (κ2) is 8.17. The number of nitrogens with one attached hydrogen (secondary N) is 1. The van der Waals surface area contributed by atoms with Gasteiger partial charge >= 0.3 is 0 Å². The van der Waals surface area contributed by atoms with Crippen molar-refractivity contribution in [3.8, 4) is 11.5 Å². The van der Waals surface area contributed by atoms with Gasteiger partial charge in [-0.2, -0.15) is 0 Å². The number of carbonyl (C=O) groups excluding carboxylic acids is 1. The van der Waals surface area contributed by atoms with Gasteiger partial charge in [-0.05, 0) is 30.7 Å². The number of hydrogen-bond acceptors (Lipinski definition) is 3. The molecule has 0 unspecified atom stereocenters. The molecule has 0 aliphatic carbocycles. The maximum absolute atomic E-state index is 11.3. The molecule has 0 saturated carbocycles. The number of hydrogen-bond donors (Lipinski definition) is 1. The topological polar surface area (TPSA) is 47.6 Å². The third-order valence-electron chi connectivity index (χ3n) is 2.11. The van der Waals surface area contributed by atoms with Crippen molar-refractivity contribution in [1.29, 1.82) is 0 Å². The van der Waals surface area contributed by atoms with E-state index in [1.54, 1.807) is 18.2 Å². The summed E-state index contributed by atoms with van der Waals surface area (Å²) in [5.74, 6) is 1.29. The predicted octanol–water partition coefficient (Wildman–Crippen LogP) is 2.16. The Balaban J connectivity index is 2.34. The van der Waals surface area contributed by atoms with Gasteiger partial charge in [0.25, 0.3) is 5.91 Å². The summed E-state index contributed by atoms with van der Waals surface area (Å²) in [6.45, 7) is 6.72. The molecule has 0 aliphatic rings. The minimum Gasteiger partial charge on any atom is -0.494 e. The Bertz CT molecular complexity index is 373. The van der Waals surface area contributed by atoms with Crippen molar-refractivity contribution >= 4 is 5.91 Å². The Morgan fingerprint density at radius 2 is 1.89 bits per heavy atom. The summed E-state index contributed by atoms with van der Waals surface area (Å²) < 4.78 is 10.8. The van der Waals surface area contributed by atoms with E-state index in [-0.39, 0.29) is 12.5 Å². The molecule has 0 spiro atoms. The van der Waals surface area contributed by atoms with Crippen LogP contribution in [-0.2, 0) is 4.79 Å². The Labute approximate surface area is 108 Å². The molecule has 1 amide bonds. The van der Waals surface area contributed by atoms with Gasteiger partial charge in [-0.25, -0.2) is 0 Å². The minimum atomic E-state index is -0.166. The van der Waals surface area contributed by atoms with Crippen molar-refractivity contribution < 1.29 is 14.3 Å². The van der Waals surface area contributed by atoms with Crippen molar-refractivity contribution in [1.82, 2.24) is 5.32 Å². The van der Waals surface area contributed by atoms with Crippen molar-refractivity contribution in [2.45, 2.75) is 13.3 Å². The molecule has 1 aromatic rings. The largest absolute Gasteiger partial charge is 0.494 e. The van der Waals surface area contributed by atoms with Gasteiger partial charge in [0.2, 0.25) is 0 Å². The number of ether oxygens (including phenoxy) is 2. The zero-order valence-electron chi connectivity index (χ0n) is 10.6. The molecule has 0 fully saturated rings. The summed E-state index contributed by atoms with van der Waals surface area (Å²) in [5.41, 5.74) is 0. The van der Waals surface area contributed by atoms with Crippen LogP contribution in [0.3, 0.4) is 0 Å². The summed E-state index contributed by atoms with van der Waals surface area (Å²) in [4.78, 5) is 11.3. The highest BCUT2D eigenvalue weighted by atomic mass is 16.5. The van der Waals surface area contributed by atoms with Crippen molar-refractivity contribution in [2.75, 3.05) is 19.8 Å². The molecule has 0 saturated heterocycles. The van der Waals surface area contributed by atoms with E-state index in [0.717, 1.165) is 12.2 Å². The van der Waals surface area contributed by atoms with Gasteiger partial charge in [0.15, 0.2) is 6.61 Å². The molecule has 18 heavy (non-hydrogen) atoms. The van der Waals surface area contributed by atoms with Crippen molar-refractivity contribution in [3.63, 3.8) is 0 Å². The van der Waals surface area contributed by atoms with Gasteiger partial charge < -0.3 is 14.8 Å². The Hall–Kier alpha value is -1.97. The summed E-state index contributed by atoms with van der Waals surface area (Å²) in [5, 5.41) is 2.64. The van der Waals surface area contributed by atoms with Crippen LogP contribution in [0.25, 0.3) is 0 Å². The van der Waals surface area contributed by atoms with Crippen LogP contribution in [-0.4, -0.2) is 25.7 Å². The van der Waals surface area contributed by atoms with Gasteiger partial charge in [-0.15, -0.1) is 6.58 Å². The average molecular weight is 249 g/mol. The molecule has 0 aromatic heterocycles. The van der Waals surface area contributed by atoms with Crippen molar-refractivity contribution in [3.05, 3.63) is 36.9 Å². The van der Waals surface area contributed by atoms with Gasteiger partial charge in [-0.3, -0.25) is 4.79 Å². The lowest BCUT2D eigenvalue weighted by atomic mass is 10.3. The first-order valence-corrected chi connectivity index (χ1v) is 5.99. The zero-order chi connectivity index (χ0) is 13.2. The molecule has 1 N–H and O–H groups in total. The maximum atomic E-state index is 11.3. The van der Waals surface area contributed by atoms with E-state index in [1.165, 1.54) is 0 Å². The molecule has 1 rings (SSSR count). The molecule has 0 atom stereocenters. The Morgan fingerprint density at radius 3 is 2.44 bits per heavy atom. The molecule has 4 heteroatoms. The smallest absolute Gasteiger partial charge is 0.258 e. The van der Waals surface area contributed by atoms with Crippen LogP contribution in [0.4, 0.5) is 0 Å². The monoisotopic (exact) mass is 249 g/mol. The van der Waals surface area contributed by atoms with Crippen LogP contribution in [0.2, 0.25) is 0 Å². The molecule has 0 bridgehead atoms. The number of benzene rings is 1. The highest BCUT2D eigenvalue weighted by Gasteiger charge is 2.01. The average Bonchev–Trinajstić information content (AvgIpc) is 2.41. The quantitative estimate of drug-likeness (QED) is 0.718. The van der Waals surface area contributed by atoms with Crippen molar-refractivity contribution in [2.24, 2.45) is 0 Å². The molecule has 98 valence electrons. The van der Waals surface area contributed by atoms with Gasteiger partial charge in [-0.1, -0.05) is 13.0 Å². The predicted molar refractivity (Wildman–Crippen MR) is 70.9 cm³/mol. The van der Waals surface area contributed by atoms with Crippen LogP contribution in [0.5, 0.6) is 11.5 Å². The van der Waals surface area contributed by atoms with E-state index < -0.39 is 0 Å². The zero-order valence-corrected chi connectivity index (χ0v) is 10.6. The third kappa shape index (κ3) is 5.39. The van der Waals surface area contributed by atoms with E-state index in [9.17, 15) is 4.79 Å². The summed E-state index contributed by atoms with van der Waals surface area (Å²) in [6, 6.07) is 7.22. The van der Waals surface area contributed by atoms with E-state index in [4.69, 9.17) is 9.47 Å². The SMILES string of the molecule is C=CCNC(=O)COc1ccc(OCCC)cc1. The lowest BCUT2D eigenvalue weighted by molar-refractivity contribution is -0.122. The normalized spacial score (nSPS) is 9.61. The number of rotatable bonds is 8. The molecular weight excluding hydrogens is 230 g/mol. The summed E-state index contributed by atoms with van der Waals surface area (Å²) >= 11 is 0. The first-order chi connectivity index (χ1) is 8.76. The first kappa shape index (κ1) is 14.1. The summed E-state index contributed by atoms with van der Waals surface area (Å²) in [7, 11) is 0. The Morgan fingerprint density at radius 1 is 1.28 bits per heavy atom. The van der Waals surface area contributed by atoms with E-state index >= 15 is 0 Å². The Kier molecular flexibility index (Phi) is 6.40. The van der Waals surface area contributed by atoms with E-state index in [2.05, 4.69) is 18.8 Å². The molecule has 0 radical (unpaired) electrons. The lowest BCUT2D eigenvalue weighted by Gasteiger charge is -2.08. The number of amides is 1. The van der Waals surface area contributed by atoms with Crippen LogP contribution in [0.1, 0.15) is 13.3 Å². The van der Waals surface area contributed by atoms with Crippen LogP contribution >= 0.6 is 0 Å². The van der Waals surface area contributed by atoms with Crippen LogP contribution in [0, 0.1) is 0 Å². The molecule has 4 nitrogen and oxygen atoms in total. The second-order valence-corrected chi connectivity index (χ2v) is 3.70. The number of carbonyl (C=O) groups is 1. The molecule has 1 aromatic carbocycles. The van der Waals surface area contributed by atoms with E-state index in [1.807, 2.05) is 12.1 Å². The molecular formula is C14H19NO3. The maximum Gasteiger partial charge on any atom is 0.258 e. The fraction of sp³-hybridized carbons (Fsp3) is 0.357. The fourth-order valence-corrected chi connectivity index (χ4v) is 1.24. The second-order valence-electron chi connectivity index (χ2n) is 3.70. The molecule has 0 aliphatic heterocycles. The first-order valence-electron chi connectivity index (χ1n) is 5.99. The van der Waals surface area contributed by atoms with Gasteiger partial charge in [0.1, 0.15) is 11.5 Å². The van der Waals surface area contributed by atoms with Crippen LogP contribution < -0.4 is 14.8 Å². The van der Waals surface area contributed by atoms with Crippen LogP contribution in [0.15, 0.2) is 36.9 Å². The minimum absolute atomic E-state index is 0.00298. The fourth-order valence-electron chi connectivity index (χ4n) is 1.24. The highest BCUT2D eigenvalue weighted by Crippen LogP contribution is 2.17. The lowest BCUT2D eigenvalue weighted by Crippen LogP contribution is -2.28.